The minimum atomic E-state index is -1.29. The van der Waals surface area contributed by atoms with Gasteiger partial charge in [0.1, 0.15) is 0 Å². The first-order valence-corrected chi connectivity index (χ1v) is 10.7. The number of nitrogens with zero attached hydrogens (tertiary/aromatic N) is 3. The van der Waals surface area contributed by atoms with E-state index in [9.17, 15) is 9.59 Å². The molecule has 0 saturated heterocycles. The van der Waals surface area contributed by atoms with Crippen molar-refractivity contribution in [2.24, 2.45) is 0 Å². The van der Waals surface area contributed by atoms with Crippen LogP contribution < -0.4 is 10.2 Å². The Morgan fingerprint density at radius 2 is 1.56 bits per heavy atom. The standard InChI is InChI=1S/C26H26N4O2/c1-28(2)23(18-11-5-4-6-12-18)17-30-24(31)19-13-7-9-15-21(19)27-26(30)20-14-8-10-16-22(20)29(3)25(26)32/h4-16,23,27H,17H2,1-3H3/t23-,26-/m0/s1. The highest BCUT2D eigenvalue weighted by Gasteiger charge is 2.58. The number of para-hydroxylation sites is 2. The second-order valence-corrected chi connectivity index (χ2v) is 8.57. The third-order valence-corrected chi connectivity index (χ3v) is 6.56. The van der Waals surface area contributed by atoms with Gasteiger partial charge in [-0.1, -0.05) is 60.7 Å². The van der Waals surface area contributed by atoms with Crippen molar-refractivity contribution in [2.75, 3.05) is 37.9 Å². The molecular weight excluding hydrogens is 400 g/mol. The van der Waals surface area contributed by atoms with Gasteiger partial charge in [-0.2, -0.15) is 0 Å². The number of rotatable bonds is 4. The molecule has 0 bridgehead atoms. The van der Waals surface area contributed by atoms with Gasteiger partial charge in [-0.15, -0.1) is 0 Å². The summed E-state index contributed by atoms with van der Waals surface area (Å²) < 4.78 is 0. The smallest absolute Gasteiger partial charge is 0.278 e. The van der Waals surface area contributed by atoms with Crippen molar-refractivity contribution in [3.63, 3.8) is 0 Å². The van der Waals surface area contributed by atoms with Gasteiger partial charge < -0.3 is 20.0 Å². The third-order valence-electron chi connectivity index (χ3n) is 6.56. The van der Waals surface area contributed by atoms with Crippen LogP contribution in [-0.4, -0.2) is 49.3 Å². The lowest BCUT2D eigenvalue weighted by Crippen LogP contribution is -2.63. The first-order valence-electron chi connectivity index (χ1n) is 10.7. The van der Waals surface area contributed by atoms with E-state index in [-0.39, 0.29) is 17.9 Å². The molecule has 6 heteroatoms. The quantitative estimate of drug-likeness (QED) is 0.691. The van der Waals surface area contributed by atoms with E-state index in [0.29, 0.717) is 17.8 Å². The van der Waals surface area contributed by atoms with Crippen LogP contribution >= 0.6 is 0 Å². The molecule has 0 aliphatic carbocycles. The molecule has 1 spiro atoms. The molecule has 1 N–H and O–H groups in total. The van der Waals surface area contributed by atoms with Crippen molar-refractivity contribution >= 4 is 23.2 Å². The molecule has 0 fully saturated rings. The maximum atomic E-state index is 13.9. The van der Waals surface area contributed by atoms with Gasteiger partial charge >= 0.3 is 0 Å². The molecule has 0 unspecified atom stereocenters. The Hall–Kier alpha value is -3.64. The maximum Gasteiger partial charge on any atom is 0.278 e. The van der Waals surface area contributed by atoms with Crippen LogP contribution in [0.4, 0.5) is 11.4 Å². The van der Waals surface area contributed by atoms with Gasteiger partial charge in [0.05, 0.1) is 17.3 Å². The van der Waals surface area contributed by atoms with E-state index in [1.807, 2.05) is 80.8 Å². The highest BCUT2D eigenvalue weighted by Crippen LogP contribution is 2.48. The van der Waals surface area contributed by atoms with E-state index >= 15 is 0 Å². The summed E-state index contributed by atoms with van der Waals surface area (Å²) in [6.45, 7) is 0.352. The van der Waals surface area contributed by atoms with E-state index in [2.05, 4.69) is 22.3 Å². The van der Waals surface area contributed by atoms with Gasteiger partial charge in [-0.05, 0) is 37.9 Å². The predicted molar refractivity (Wildman–Crippen MR) is 126 cm³/mol. The number of carbonyl (C=O) groups is 2. The average molecular weight is 427 g/mol. The molecule has 3 aromatic rings. The number of carbonyl (C=O) groups excluding carboxylic acids is 2. The summed E-state index contributed by atoms with van der Waals surface area (Å²) in [6.07, 6.45) is 0. The maximum absolute atomic E-state index is 13.9. The predicted octanol–water partition coefficient (Wildman–Crippen LogP) is 3.69. The molecule has 32 heavy (non-hydrogen) atoms. The van der Waals surface area contributed by atoms with Crippen LogP contribution in [0.2, 0.25) is 0 Å². The molecule has 2 aliphatic rings. The Morgan fingerprint density at radius 3 is 2.31 bits per heavy atom. The number of hydrogen-bond acceptors (Lipinski definition) is 4. The highest BCUT2D eigenvalue weighted by molar-refractivity contribution is 6.15. The number of fused-ring (bicyclic) bond motifs is 3. The molecule has 2 aliphatic heterocycles. The summed E-state index contributed by atoms with van der Waals surface area (Å²) in [6, 6.07) is 25.1. The normalized spacial score (nSPS) is 20.4. The van der Waals surface area contributed by atoms with Crippen molar-refractivity contribution in [3.8, 4) is 0 Å². The van der Waals surface area contributed by atoms with E-state index in [0.717, 1.165) is 16.8 Å². The van der Waals surface area contributed by atoms with E-state index < -0.39 is 5.66 Å². The van der Waals surface area contributed by atoms with Crippen LogP contribution in [0.3, 0.4) is 0 Å². The van der Waals surface area contributed by atoms with Crippen LogP contribution in [0.1, 0.15) is 27.5 Å². The zero-order chi connectivity index (χ0) is 22.5. The van der Waals surface area contributed by atoms with Crippen LogP contribution in [-0.2, 0) is 10.5 Å². The number of hydrogen-bond donors (Lipinski definition) is 1. The molecule has 2 amide bonds. The summed E-state index contributed by atoms with van der Waals surface area (Å²) in [5.74, 6) is -0.312. The van der Waals surface area contributed by atoms with Crippen LogP contribution in [0, 0.1) is 0 Å². The minimum absolute atomic E-state index is 0.0880. The fourth-order valence-electron chi connectivity index (χ4n) is 4.89. The summed E-state index contributed by atoms with van der Waals surface area (Å²) in [7, 11) is 5.76. The summed E-state index contributed by atoms with van der Waals surface area (Å²) in [5, 5.41) is 3.48. The lowest BCUT2D eigenvalue weighted by Gasteiger charge is -2.46. The van der Waals surface area contributed by atoms with Gasteiger partial charge in [0, 0.05) is 24.8 Å². The Morgan fingerprint density at radius 1 is 0.906 bits per heavy atom. The Bertz CT molecular complexity index is 1190. The molecule has 3 aromatic carbocycles. The number of benzene rings is 3. The molecule has 0 saturated carbocycles. The summed E-state index contributed by atoms with van der Waals surface area (Å²) in [4.78, 5) is 33.2. The van der Waals surface area contributed by atoms with E-state index in [1.165, 1.54) is 0 Å². The van der Waals surface area contributed by atoms with Crippen molar-refractivity contribution in [1.29, 1.82) is 0 Å². The van der Waals surface area contributed by atoms with Crippen molar-refractivity contribution in [3.05, 3.63) is 95.6 Å². The molecule has 0 aromatic heterocycles. The topological polar surface area (TPSA) is 55.9 Å². The third kappa shape index (κ3) is 2.83. The summed E-state index contributed by atoms with van der Waals surface area (Å²) >= 11 is 0. The minimum Gasteiger partial charge on any atom is -0.350 e. The number of nitrogens with one attached hydrogen (secondary N) is 1. The van der Waals surface area contributed by atoms with Crippen molar-refractivity contribution in [1.82, 2.24) is 9.80 Å². The lowest BCUT2D eigenvalue weighted by molar-refractivity contribution is -0.127. The van der Waals surface area contributed by atoms with Crippen LogP contribution in [0.15, 0.2) is 78.9 Å². The first-order chi connectivity index (χ1) is 15.4. The fourth-order valence-corrected chi connectivity index (χ4v) is 4.89. The van der Waals surface area contributed by atoms with E-state index in [1.54, 1.807) is 16.8 Å². The molecule has 162 valence electrons. The Balaban J connectivity index is 1.70. The van der Waals surface area contributed by atoms with Crippen LogP contribution in [0.25, 0.3) is 0 Å². The number of anilines is 2. The molecule has 2 heterocycles. The molecule has 5 rings (SSSR count). The molecule has 2 atom stereocenters. The second kappa shape index (κ2) is 7.50. The average Bonchev–Trinajstić information content (AvgIpc) is 3.02. The number of likely N-dealkylation sites (N-methyl/N-ethyl adjacent to an activating group) is 2. The zero-order valence-corrected chi connectivity index (χ0v) is 18.4. The van der Waals surface area contributed by atoms with Gasteiger partial charge in [0.15, 0.2) is 0 Å². The lowest BCUT2D eigenvalue weighted by atomic mass is 9.91. The van der Waals surface area contributed by atoms with Crippen molar-refractivity contribution in [2.45, 2.75) is 11.7 Å². The zero-order valence-electron chi connectivity index (χ0n) is 18.4. The monoisotopic (exact) mass is 426 g/mol. The largest absolute Gasteiger partial charge is 0.350 e. The second-order valence-electron chi connectivity index (χ2n) is 8.57. The van der Waals surface area contributed by atoms with Gasteiger partial charge in [-0.3, -0.25) is 9.59 Å². The van der Waals surface area contributed by atoms with E-state index in [4.69, 9.17) is 0 Å². The highest BCUT2D eigenvalue weighted by atomic mass is 16.2. The van der Waals surface area contributed by atoms with Gasteiger partial charge in [-0.25, -0.2) is 0 Å². The Kier molecular flexibility index (Phi) is 4.75. The number of amides is 2. The molecule has 0 radical (unpaired) electrons. The molecular formula is C26H26N4O2. The van der Waals surface area contributed by atoms with Crippen molar-refractivity contribution < 1.29 is 9.59 Å². The SMILES string of the molecule is CN1C(=O)[C@]2(Nc3ccccc3C(=O)N2C[C@@H](c2ccccc2)N(C)C)c2ccccc21. The van der Waals surface area contributed by atoms with Crippen LogP contribution in [0.5, 0.6) is 0 Å². The molecule has 6 nitrogen and oxygen atoms in total. The van der Waals surface area contributed by atoms with Gasteiger partial charge in [0.2, 0.25) is 5.66 Å². The van der Waals surface area contributed by atoms with Gasteiger partial charge in [0.25, 0.3) is 11.8 Å². The summed E-state index contributed by atoms with van der Waals surface area (Å²) in [5.41, 5.74) is 2.65. The Labute approximate surface area is 188 Å². The first kappa shape index (κ1) is 20.3. The fraction of sp³-hybridized carbons (Fsp3) is 0.231.